The minimum Gasteiger partial charge on any atom is -0.390 e. The van der Waals surface area contributed by atoms with E-state index >= 15 is 0 Å². The number of morpholine rings is 1. The van der Waals surface area contributed by atoms with Gasteiger partial charge in [-0.15, -0.1) is 0 Å². The van der Waals surface area contributed by atoms with E-state index in [4.69, 9.17) is 9.72 Å². The Bertz CT molecular complexity index is 1090. The van der Waals surface area contributed by atoms with E-state index in [0.717, 1.165) is 73.0 Å². The molecular formula is C28H39N5O3. The summed E-state index contributed by atoms with van der Waals surface area (Å²) in [6, 6.07) is 10.5. The number of aliphatic hydroxyl groups is 1. The lowest BCUT2D eigenvalue weighted by Gasteiger charge is -2.41. The first-order valence-corrected chi connectivity index (χ1v) is 13.3. The van der Waals surface area contributed by atoms with E-state index in [1.807, 2.05) is 17.9 Å². The van der Waals surface area contributed by atoms with Gasteiger partial charge in [-0.25, -0.2) is 9.78 Å². The van der Waals surface area contributed by atoms with Crippen molar-refractivity contribution in [1.29, 1.82) is 0 Å². The molecule has 3 N–H and O–H groups in total. The minimum absolute atomic E-state index is 0.0242. The number of rotatable bonds is 6. The molecule has 2 amide bonds. The second-order valence-corrected chi connectivity index (χ2v) is 10.9. The van der Waals surface area contributed by atoms with E-state index in [9.17, 15) is 9.90 Å². The topological polar surface area (TPSA) is 90.0 Å². The summed E-state index contributed by atoms with van der Waals surface area (Å²) >= 11 is 0. The molecule has 1 aliphatic carbocycles. The predicted octanol–water partition coefficient (Wildman–Crippen LogP) is 4.48. The van der Waals surface area contributed by atoms with Gasteiger partial charge in [0.1, 0.15) is 11.6 Å². The second kappa shape index (κ2) is 10.3. The zero-order valence-corrected chi connectivity index (χ0v) is 21.7. The number of hydrogen-bond donors (Lipinski definition) is 3. The average Bonchev–Trinajstić information content (AvgIpc) is 3.34. The van der Waals surface area contributed by atoms with Crippen molar-refractivity contribution in [2.24, 2.45) is 5.92 Å². The van der Waals surface area contributed by atoms with Crippen LogP contribution in [0.15, 0.2) is 30.3 Å². The molecule has 0 bridgehead atoms. The molecule has 2 aliphatic heterocycles. The Morgan fingerprint density at radius 2 is 1.97 bits per heavy atom. The van der Waals surface area contributed by atoms with Crippen molar-refractivity contribution in [1.82, 2.24) is 9.88 Å². The van der Waals surface area contributed by atoms with Gasteiger partial charge in [0.15, 0.2) is 0 Å². The highest BCUT2D eigenvalue weighted by Crippen LogP contribution is 2.36. The van der Waals surface area contributed by atoms with Crippen molar-refractivity contribution < 1.29 is 14.6 Å². The Labute approximate surface area is 214 Å². The number of aryl methyl sites for hydroxylation is 1. The molecule has 8 heteroatoms. The lowest BCUT2D eigenvalue weighted by Crippen LogP contribution is -2.48. The van der Waals surface area contributed by atoms with Crippen LogP contribution in [0.25, 0.3) is 11.1 Å². The van der Waals surface area contributed by atoms with E-state index < -0.39 is 5.60 Å². The molecule has 8 nitrogen and oxygen atoms in total. The third-order valence-corrected chi connectivity index (χ3v) is 7.82. The average molecular weight is 494 g/mol. The third kappa shape index (κ3) is 5.60. The van der Waals surface area contributed by atoms with Crippen LogP contribution < -0.4 is 15.5 Å². The number of anilines is 3. The van der Waals surface area contributed by atoms with Gasteiger partial charge in [-0.1, -0.05) is 19.4 Å². The van der Waals surface area contributed by atoms with Gasteiger partial charge in [0.05, 0.1) is 18.8 Å². The fourth-order valence-electron chi connectivity index (χ4n) is 5.58. The lowest BCUT2D eigenvalue weighted by atomic mass is 9.77. The number of pyridine rings is 1. The van der Waals surface area contributed by atoms with Crippen LogP contribution in [0, 0.1) is 12.8 Å². The summed E-state index contributed by atoms with van der Waals surface area (Å²) in [6.07, 6.45) is 3.61. The van der Waals surface area contributed by atoms with Crippen molar-refractivity contribution >= 4 is 23.4 Å². The highest BCUT2D eigenvalue weighted by Gasteiger charge is 2.38. The van der Waals surface area contributed by atoms with Crippen LogP contribution in [0.5, 0.6) is 0 Å². The van der Waals surface area contributed by atoms with Crippen LogP contribution in [0.2, 0.25) is 0 Å². The molecule has 3 heterocycles. The number of nitrogens with zero attached hydrogens (tertiary/aromatic N) is 3. The SMILES string of the molecule is CCC1CCN(C(=O)Nc2ccc(C)c(-c3cc(N[C@H]4C[C@](C)(O)C4)nc(N4CCOCC4)c3)c2)C1. The first kappa shape index (κ1) is 24.8. The van der Waals surface area contributed by atoms with E-state index in [1.54, 1.807) is 0 Å². The summed E-state index contributed by atoms with van der Waals surface area (Å²) in [7, 11) is 0. The normalized spacial score (nSPS) is 26.0. The molecule has 0 spiro atoms. The van der Waals surface area contributed by atoms with Crippen molar-refractivity contribution in [3.8, 4) is 11.1 Å². The zero-order chi connectivity index (χ0) is 25.3. The number of carbonyl (C=O) groups excluding carboxylic acids is 1. The summed E-state index contributed by atoms with van der Waals surface area (Å²) in [6.45, 7) is 10.8. The molecule has 3 fully saturated rings. The molecule has 2 aromatic rings. The highest BCUT2D eigenvalue weighted by molar-refractivity contribution is 5.91. The quantitative estimate of drug-likeness (QED) is 0.550. The number of nitrogens with one attached hydrogen (secondary N) is 2. The standard InChI is InChI=1S/C28H39N5O3/c1-4-20-7-8-33(18-20)27(34)30-22-6-5-19(2)24(15-22)21-13-25(29-23-16-28(3,35)17-23)31-26(14-21)32-9-11-36-12-10-32/h5-6,13-15,20,23,35H,4,7-12,16-18H2,1-3H3,(H,29,31)(H,30,34)/t20?,23-,28-. The summed E-state index contributed by atoms with van der Waals surface area (Å²) < 4.78 is 5.55. The molecule has 1 aromatic heterocycles. The van der Waals surface area contributed by atoms with Gasteiger partial charge < -0.3 is 30.3 Å². The Morgan fingerprint density at radius 1 is 1.19 bits per heavy atom. The number of hydrogen-bond acceptors (Lipinski definition) is 6. The largest absolute Gasteiger partial charge is 0.390 e. The molecule has 3 aliphatic rings. The molecule has 1 aromatic carbocycles. The maximum atomic E-state index is 12.9. The number of benzene rings is 1. The Morgan fingerprint density at radius 3 is 2.67 bits per heavy atom. The van der Waals surface area contributed by atoms with Crippen LogP contribution in [0.4, 0.5) is 22.1 Å². The van der Waals surface area contributed by atoms with Gasteiger partial charge in [-0.3, -0.25) is 0 Å². The van der Waals surface area contributed by atoms with Crippen molar-refractivity contribution in [3.05, 3.63) is 35.9 Å². The lowest BCUT2D eigenvalue weighted by molar-refractivity contribution is -0.0235. The molecule has 36 heavy (non-hydrogen) atoms. The highest BCUT2D eigenvalue weighted by atomic mass is 16.5. The van der Waals surface area contributed by atoms with Gasteiger partial charge in [-0.2, -0.15) is 0 Å². The fourth-order valence-corrected chi connectivity index (χ4v) is 5.58. The number of aromatic nitrogens is 1. The fraction of sp³-hybridized carbons (Fsp3) is 0.571. The zero-order valence-electron chi connectivity index (χ0n) is 21.7. The van der Waals surface area contributed by atoms with E-state index in [1.165, 1.54) is 0 Å². The molecule has 2 saturated heterocycles. The summed E-state index contributed by atoms with van der Waals surface area (Å²) in [5.74, 6) is 2.33. The summed E-state index contributed by atoms with van der Waals surface area (Å²) in [5, 5.41) is 16.8. The van der Waals surface area contributed by atoms with Gasteiger partial charge in [0.2, 0.25) is 0 Å². The number of ether oxygens (including phenoxy) is 1. The van der Waals surface area contributed by atoms with Crippen molar-refractivity contribution in [3.63, 3.8) is 0 Å². The maximum absolute atomic E-state index is 12.9. The first-order chi connectivity index (χ1) is 17.3. The van der Waals surface area contributed by atoms with Crippen LogP contribution >= 0.6 is 0 Å². The van der Waals surface area contributed by atoms with E-state index in [0.29, 0.717) is 32.0 Å². The van der Waals surface area contributed by atoms with Gasteiger partial charge in [0, 0.05) is 37.9 Å². The predicted molar refractivity (Wildman–Crippen MR) is 144 cm³/mol. The molecule has 1 saturated carbocycles. The van der Waals surface area contributed by atoms with Crippen LogP contribution in [-0.4, -0.2) is 72.1 Å². The van der Waals surface area contributed by atoms with Gasteiger partial charge in [-0.05, 0) is 80.0 Å². The molecule has 0 radical (unpaired) electrons. The third-order valence-electron chi connectivity index (χ3n) is 7.82. The van der Waals surface area contributed by atoms with Crippen LogP contribution in [-0.2, 0) is 4.74 Å². The van der Waals surface area contributed by atoms with Gasteiger partial charge >= 0.3 is 6.03 Å². The Kier molecular flexibility index (Phi) is 7.08. The van der Waals surface area contributed by atoms with Crippen LogP contribution in [0.1, 0.15) is 45.1 Å². The maximum Gasteiger partial charge on any atom is 0.321 e. The monoisotopic (exact) mass is 493 g/mol. The number of urea groups is 1. The smallest absolute Gasteiger partial charge is 0.321 e. The number of amides is 2. The first-order valence-electron chi connectivity index (χ1n) is 13.3. The number of carbonyl (C=O) groups is 1. The second-order valence-electron chi connectivity index (χ2n) is 10.9. The molecular weight excluding hydrogens is 454 g/mol. The minimum atomic E-state index is -0.599. The van der Waals surface area contributed by atoms with E-state index in [2.05, 4.69) is 53.6 Å². The molecule has 194 valence electrons. The molecule has 1 atom stereocenters. The van der Waals surface area contributed by atoms with Crippen molar-refractivity contribution in [2.75, 3.05) is 54.9 Å². The van der Waals surface area contributed by atoms with Crippen LogP contribution in [0.3, 0.4) is 0 Å². The number of likely N-dealkylation sites (tertiary alicyclic amines) is 1. The van der Waals surface area contributed by atoms with Gasteiger partial charge in [0.25, 0.3) is 0 Å². The van der Waals surface area contributed by atoms with E-state index in [-0.39, 0.29) is 12.1 Å². The molecule has 1 unspecified atom stereocenters. The molecule has 5 rings (SSSR count). The van der Waals surface area contributed by atoms with Crippen molar-refractivity contribution in [2.45, 2.75) is 58.1 Å². The summed E-state index contributed by atoms with van der Waals surface area (Å²) in [4.78, 5) is 22.0. The summed E-state index contributed by atoms with van der Waals surface area (Å²) in [5.41, 5.74) is 3.46. The Balaban J connectivity index is 1.40. The Hall–Kier alpha value is -2.84.